The first-order valence-electron chi connectivity index (χ1n) is 5.21. The third-order valence-electron chi connectivity index (χ3n) is 2.48. The Morgan fingerprint density at radius 3 is 2.32 bits per heavy atom. The summed E-state index contributed by atoms with van der Waals surface area (Å²) in [6, 6.07) is 8.70. The van der Waals surface area contributed by atoms with Gasteiger partial charge < -0.3 is 0 Å². The van der Waals surface area contributed by atoms with E-state index < -0.39 is 0 Å². The fourth-order valence-corrected chi connectivity index (χ4v) is 2.61. The van der Waals surface area contributed by atoms with Crippen LogP contribution in [0.3, 0.4) is 0 Å². The van der Waals surface area contributed by atoms with Crippen LogP contribution >= 0.6 is 46.4 Å². The van der Waals surface area contributed by atoms with Gasteiger partial charge in [-0.2, -0.15) is 5.26 Å². The van der Waals surface area contributed by atoms with Gasteiger partial charge in [0, 0.05) is 11.1 Å². The molecule has 0 fully saturated rings. The van der Waals surface area contributed by atoms with Crippen molar-refractivity contribution in [3.63, 3.8) is 0 Å². The first kappa shape index (κ1) is 14.4. The number of rotatable bonds is 2. The molecule has 2 nitrogen and oxygen atoms in total. The minimum atomic E-state index is 0.191. The van der Waals surface area contributed by atoms with Crippen molar-refractivity contribution in [2.75, 3.05) is 0 Å². The van der Waals surface area contributed by atoms with Gasteiger partial charge in [-0.3, -0.25) is 0 Å². The molecule has 0 atom stereocenters. The highest BCUT2D eigenvalue weighted by Crippen LogP contribution is 2.41. The van der Waals surface area contributed by atoms with Crippen molar-refractivity contribution in [1.82, 2.24) is 4.98 Å². The molecule has 0 amide bonds. The summed E-state index contributed by atoms with van der Waals surface area (Å²) < 4.78 is 0. The number of benzene rings is 1. The summed E-state index contributed by atoms with van der Waals surface area (Å²) in [5.41, 5.74) is 1.71. The topological polar surface area (TPSA) is 36.7 Å². The molecule has 0 bridgehead atoms. The van der Waals surface area contributed by atoms with E-state index >= 15 is 0 Å². The van der Waals surface area contributed by atoms with Crippen LogP contribution in [0.15, 0.2) is 24.3 Å². The second-order valence-electron chi connectivity index (χ2n) is 3.69. The molecule has 0 aliphatic rings. The molecule has 0 saturated carbocycles. The molecule has 1 aromatic heterocycles. The van der Waals surface area contributed by atoms with Crippen molar-refractivity contribution in [2.45, 2.75) is 6.42 Å². The average Bonchev–Trinajstić information content (AvgIpc) is 2.37. The zero-order chi connectivity index (χ0) is 14.0. The van der Waals surface area contributed by atoms with Gasteiger partial charge >= 0.3 is 0 Å². The third-order valence-corrected chi connectivity index (χ3v) is 3.89. The third kappa shape index (κ3) is 2.96. The minimum Gasteiger partial charge on any atom is -0.239 e. The van der Waals surface area contributed by atoms with Crippen molar-refractivity contribution >= 4 is 46.4 Å². The maximum absolute atomic E-state index is 8.63. The van der Waals surface area contributed by atoms with E-state index in [0.29, 0.717) is 31.9 Å². The monoisotopic (exact) mass is 330 g/mol. The summed E-state index contributed by atoms with van der Waals surface area (Å²) in [7, 11) is 0. The summed E-state index contributed by atoms with van der Waals surface area (Å²) in [4.78, 5) is 4.13. The number of hydrogen-bond acceptors (Lipinski definition) is 2. The zero-order valence-electron chi connectivity index (χ0n) is 9.42. The molecule has 0 saturated heterocycles. The predicted octanol–water partition coefficient (Wildman–Crippen LogP) is 5.43. The number of aromatic nitrogens is 1. The molecule has 6 heteroatoms. The van der Waals surface area contributed by atoms with E-state index in [-0.39, 0.29) is 11.6 Å². The van der Waals surface area contributed by atoms with Crippen LogP contribution in [-0.4, -0.2) is 4.98 Å². The lowest BCUT2D eigenvalue weighted by Crippen LogP contribution is -1.92. The molecule has 1 heterocycles. The van der Waals surface area contributed by atoms with Gasteiger partial charge in [-0.15, -0.1) is 0 Å². The Morgan fingerprint density at radius 1 is 1.00 bits per heavy atom. The maximum Gasteiger partial charge on any atom is 0.137 e. The van der Waals surface area contributed by atoms with Crippen molar-refractivity contribution in [3.8, 4) is 17.2 Å². The Hall–Kier alpha value is -0.980. The molecular weight excluding hydrogens is 326 g/mol. The lowest BCUT2D eigenvalue weighted by atomic mass is 10.1. The SMILES string of the molecule is N#CCc1ccc(-c2c(Cl)ccc(Cl)c2Cl)c(Cl)n1. The summed E-state index contributed by atoms with van der Waals surface area (Å²) in [5, 5.41) is 10.0. The lowest BCUT2D eigenvalue weighted by Gasteiger charge is -2.10. The van der Waals surface area contributed by atoms with Crippen molar-refractivity contribution in [3.05, 3.63) is 50.2 Å². The molecule has 0 spiro atoms. The highest BCUT2D eigenvalue weighted by Gasteiger charge is 2.15. The Kier molecular flexibility index (Phi) is 4.54. The largest absolute Gasteiger partial charge is 0.239 e. The van der Waals surface area contributed by atoms with Crippen LogP contribution in [-0.2, 0) is 6.42 Å². The summed E-state index contributed by atoms with van der Waals surface area (Å²) in [6.07, 6.45) is 0.191. The molecule has 96 valence electrons. The first-order valence-corrected chi connectivity index (χ1v) is 6.72. The van der Waals surface area contributed by atoms with E-state index in [1.54, 1.807) is 24.3 Å². The van der Waals surface area contributed by atoms with E-state index in [4.69, 9.17) is 51.7 Å². The van der Waals surface area contributed by atoms with Crippen LogP contribution in [0.1, 0.15) is 5.69 Å². The Labute approximate surface area is 130 Å². The molecule has 2 rings (SSSR count). The van der Waals surface area contributed by atoms with Crippen LogP contribution in [0, 0.1) is 11.3 Å². The average molecular weight is 332 g/mol. The van der Waals surface area contributed by atoms with E-state index in [1.165, 1.54) is 0 Å². The van der Waals surface area contributed by atoms with Crippen molar-refractivity contribution < 1.29 is 0 Å². The first-order chi connectivity index (χ1) is 9.04. The fourth-order valence-electron chi connectivity index (χ4n) is 1.61. The molecular formula is C13H6Cl4N2. The molecule has 1 aromatic carbocycles. The van der Waals surface area contributed by atoms with E-state index in [1.807, 2.05) is 6.07 Å². The van der Waals surface area contributed by atoms with Gasteiger partial charge in [-0.25, -0.2) is 4.98 Å². The lowest BCUT2D eigenvalue weighted by molar-refractivity contribution is 1.12. The van der Waals surface area contributed by atoms with Gasteiger partial charge in [0.15, 0.2) is 0 Å². The van der Waals surface area contributed by atoms with Crippen LogP contribution in [0.2, 0.25) is 20.2 Å². The normalized spacial score (nSPS) is 10.3. The van der Waals surface area contributed by atoms with Crippen molar-refractivity contribution in [1.29, 1.82) is 5.26 Å². The smallest absolute Gasteiger partial charge is 0.137 e. The molecule has 0 N–H and O–H groups in total. The molecule has 0 aliphatic heterocycles. The Bertz CT molecular complexity index is 677. The number of nitriles is 1. The van der Waals surface area contributed by atoms with Crippen LogP contribution in [0.5, 0.6) is 0 Å². The molecule has 2 aromatic rings. The van der Waals surface area contributed by atoms with Crippen molar-refractivity contribution in [2.24, 2.45) is 0 Å². The van der Waals surface area contributed by atoms with Gasteiger partial charge in [0.1, 0.15) is 5.15 Å². The quantitative estimate of drug-likeness (QED) is 0.543. The molecule has 0 unspecified atom stereocenters. The summed E-state index contributed by atoms with van der Waals surface area (Å²) in [5.74, 6) is 0. The number of halogens is 4. The standard InChI is InChI=1S/C13H6Cl4N2/c14-9-3-4-10(15)12(16)11(9)8-2-1-7(5-6-18)19-13(8)17/h1-4H,5H2. The van der Waals surface area contributed by atoms with Gasteiger partial charge in [0.2, 0.25) is 0 Å². The highest BCUT2D eigenvalue weighted by molar-refractivity contribution is 6.46. The maximum atomic E-state index is 8.63. The molecule has 19 heavy (non-hydrogen) atoms. The number of hydrogen-bond donors (Lipinski definition) is 0. The van der Waals surface area contributed by atoms with Gasteiger partial charge in [0.25, 0.3) is 0 Å². The van der Waals surface area contributed by atoms with Crippen LogP contribution < -0.4 is 0 Å². The highest BCUT2D eigenvalue weighted by atomic mass is 35.5. The number of pyridine rings is 1. The Morgan fingerprint density at radius 2 is 1.68 bits per heavy atom. The van der Waals surface area contributed by atoms with E-state index in [9.17, 15) is 0 Å². The minimum absolute atomic E-state index is 0.191. The second-order valence-corrected chi connectivity index (χ2v) is 5.24. The summed E-state index contributed by atoms with van der Waals surface area (Å²) in [6.45, 7) is 0. The van der Waals surface area contributed by atoms with Gasteiger partial charge in [0.05, 0.1) is 33.3 Å². The zero-order valence-corrected chi connectivity index (χ0v) is 12.4. The Balaban J connectivity index is 2.60. The fraction of sp³-hybridized carbons (Fsp3) is 0.0769. The van der Waals surface area contributed by atoms with Crippen LogP contribution in [0.4, 0.5) is 0 Å². The van der Waals surface area contributed by atoms with E-state index in [0.717, 1.165) is 0 Å². The van der Waals surface area contributed by atoms with Gasteiger partial charge in [-0.05, 0) is 24.3 Å². The number of nitrogens with zero attached hydrogens (tertiary/aromatic N) is 2. The van der Waals surface area contributed by atoms with Crippen LogP contribution in [0.25, 0.3) is 11.1 Å². The predicted molar refractivity (Wildman–Crippen MR) is 79.0 cm³/mol. The van der Waals surface area contributed by atoms with E-state index in [2.05, 4.69) is 4.98 Å². The van der Waals surface area contributed by atoms with Gasteiger partial charge in [-0.1, -0.05) is 46.4 Å². The summed E-state index contributed by atoms with van der Waals surface area (Å²) >= 11 is 24.4. The molecule has 0 aliphatic carbocycles. The second kappa shape index (κ2) is 5.98. The molecule has 0 radical (unpaired) electrons.